The van der Waals surface area contributed by atoms with Gasteiger partial charge in [-0.05, 0) is 36.2 Å². The van der Waals surface area contributed by atoms with Crippen molar-refractivity contribution in [1.82, 2.24) is 19.2 Å². The van der Waals surface area contributed by atoms with Gasteiger partial charge in [0, 0.05) is 22.3 Å². The highest BCUT2D eigenvalue weighted by Crippen LogP contribution is 2.29. The van der Waals surface area contributed by atoms with Gasteiger partial charge < -0.3 is 0 Å². The monoisotopic (exact) mass is 418 g/mol. The molecule has 0 saturated heterocycles. The number of hydrogen-bond donors (Lipinski definition) is 0. The van der Waals surface area contributed by atoms with Crippen molar-refractivity contribution >= 4 is 51.6 Å². The third kappa shape index (κ3) is 3.33. The molecule has 0 amide bonds. The largest absolute Gasteiger partial charge is 0.276 e. The molecule has 0 fully saturated rings. The molecule has 2 heterocycles. The predicted octanol–water partition coefficient (Wildman–Crippen LogP) is 5.05. The van der Waals surface area contributed by atoms with E-state index in [0.29, 0.717) is 33.5 Å². The number of fused-ring (bicyclic) bond motifs is 3. The standard InChI is InChI=1S/C19H16Cl2N4OS/c1-2-9-24-17(26)14-5-3-4-6-16(14)25-18(24)22-23-19(25)27-11-12-7-8-13(20)10-15(12)21/h3-8,10H,2,9,11H2,1H3. The van der Waals surface area contributed by atoms with Gasteiger partial charge in [-0.3, -0.25) is 13.8 Å². The van der Waals surface area contributed by atoms with E-state index in [9.17, 15) is 4.79 Å². The lowest BCUT2D eigenvalue weighted by molar-refractivity contribution is 0.662. The second-order valence-corrected chi connectivity index (χ2v) is 7.90. The predicted molar refractivity (Wildman–Crippen MR) is 111 cm³/mol. The van der Waals surface area contributed by atoms with E-state index < -0.39 is 0 Å². The summed E-state index contributed by atoms with van der Waals surface area (Å²) in [4.78, 5) is 12.8. The molecule has 0 aliphatic heterocycles. The molecule has 0 aliphatic carbocycles. The molecule has 0 N–H and O–H groups in total. The minimum atomic E-state index is -0.0374. The lowest BCUT2D eigenvalue weighted by Crippen LogP contribution is -2.23. The summed E-state index contributed by atoms with van der Waals surface area (Å²) in [6.07, 6.45) is 0.837. The van der Waals surface area contributed by atoms with Crippen LogP contribution in [0.4, 0.5) is 0 Å². The van der Waals surface area contributed by atoms with E-state index in [0.717, 1.165) is 22.7 Å². The van der Waals surface area contributed by atoms with E-state index in [2.05, 4.69) is 10.2 Å². The van der Waals surface area contributed by atoms with Crippen LogP contribution in [-0.2, 0) is 12.3 Å². The Morgan fingerprint density at radius 2 is 1.93 bits per heavy atom. The Morgan fingerprint density at radius 3 is 2.70 bits per heavy atom. The van der Waals surface area contributed by atoms with Gasteiger partial charge >= 0.3 is 0 Å². The summed E-state index contributed by atoms with van der Waals surface area (Å²) < 4.78 is 3.63. The summed E-state index contributed by atoms with van der Waals surface area (Å²) in [6, 6.07) is 13.0. The number of nitrogens with zero attached hydrogens (tertiary/aromatic N) is 4. The molecule has 0 spiro atoms. The lowest BCUT2D eigenvalue weighted by Gasteiger charge is -2.10. The van der Waals surface area contributed by atoms with Gasteiger partial charge in [0.2, 0.25) is 5.78 Å². The van der Waals surface area contributed by atoms with Crippen LogP contribution in [0.3, 0.4) is 0 Å². The van der Waals surface area contributed by atoms with Crippen molar-refractivity contribution in [2.24, 2.45) is 0 Å². The first kappa shape index (κ1) is 18.3. The van der Waals surface area contributed by atoms with E-state index in [1.807, 2.05) is 47.7 Å². The summed E-state index contributed by atoms with van der Waals surface area (Å²) in [5, 5.41) is 11.2. The second kappa shape index (κ2) is 7.54. The number of halogens is 2. The molecule has 27 heavy (non-hydrogen) atoms. The van der Waals surface area contributed by atoms with Crippen LogP contribution in [0.2, 0.25) is 10.0 Å². The van der Waals surface area contributed by atoms with Crippen LogP contribution < -0.4 is 5.56 Å². The first-order chi connectivity index (χ1) is 13.1. The van der Waals surface area contributed by atoms with Gasteiger partial charge in [-0.2, -0.15) is 0 Å². The van der Waals surface area contributed by atoms with Crippen molar-refractivity contribution in [1.29, 1.82) is 0 Å². The zero-order valence-electron chi connectivity index (χ0n) is 14.5. The van der Waals surface area contributed by atoms with Crippen molar-refractivity contribution in [3.8, 4) is 0 Å². The van der Waals surface area contributed by atoms with Crippen LogP contribution in [-0.4, -0.2) is 19.2 Å². The van der Waals surface area contributed by atoms with Crippen molar-refractivity contribution in [3.63, 3.8) is 0 Å². The number of benzene rings is 2. The maximum Gasteiger partial charge on any atom is 0.262 e. The number of para-hydroxylation sites is 1. The van der Waals surface area contributed by atoms with Gasteiger partial charge in [-0.15, -0.1) is 10.2 Å². The molecule has 0 aliphatic rings. The average molecular weight is 419 g/mol. The smallest absolute Gasteiger partial charge is 0.262 e. The molecule has 2 aromatic carbocycles. The summed E-state index contributed by atoms with van der Waals surface area (Å²) >= 11 is 13.8. The molecule has 0 atom stereocenters. The van der Waals surface area contributed by atoms with Crippen LogP contribution in [0.25, 0.3) is 16.7 Å². The molecule has 138 valence electrons. The van der Waals surface area contributed by atoms with Crippen LogP contribution in [0, 0.1) is 0 Å². The zero-order chi connectivity index (χ0) is 19.0. The maximum atomic E-state index is 12.8. The Hall–Kier alpha value is -2.02. The average Bonchev–Trinajstić information content (AvgIpc) is 3.08. The van der Waals surface area contributed by atoms with Gasteiger partial charge in [-0.25, -0.2) is 0 Å². The Labute approximate surface area is 169 Å². The fourth-order valence-electron chi connectivity index (χ4n) is 3.03. The molecule has 0 bridgehead atoms. The maximum absolute atomic E-state index is 12.8. The van der Waals surface area contributed by atoms with Gasteiger partial charge in [0.1, 0.15) is 0 Å². The van der Waals surface area contributed by atoms with Gasteiger partial charge in [0.25, 0.3) is 5.56 Å². The minimum absolute atomic E-state index is 0.0374. The normalized spacial score (nSPS) is 11.5. The molecule has 0 radical (unpaired) electrons. The Bertz CT molecular complexity index is 1200. The lowest BCUT2D eigenvalue weighted by atomic mass is 10.2. The van der Waals surface area contributed by atoms with Crippen LogP contribution in [0.5, 0.6) is 0 Å². The van der Waals surface area contributed by atoms with Gasteiger partial charge in [0.05, 0.1) is 10.9 Å². The van der Waals surface area contributed by atoms with Crippen molar-refractivity contribution in [3.05, 3.63) is 68.4 Å². The number of rotatable bonds is 5. The first-order valence-corrected chi connectivity index (χ1v) is 10.3. The topological polar surface area (TPSA) is 52.2 Å². The molecular weight excluding hydrogens is 403 g/mol. The van der Waals surface area contributed by atoms with Crippen molar-refractivity contribution in [2.75, 3.05) is 0 Å². The number of aryl methyl sites for hydroxylation is 1. The van der Waals surface area contributed by atoms with Gasteiger partial charge in [0.15, 0.2) is 5.16 Å². The molecular formula is C19H16Cl2N4OS. The van der Waals surface area contributed by atoms with Crippen LogP contribution in [0.15, 0.2) is 52.4 Å². The first-order valence-electron chi connectivity index (χ1n) is 8.53. The molecule has 8 heteroatoms. The zero-order valence-corrected chi connectivity index (χ0v) is 16.9. The second-order valence-electron chi connectivity index (χ2n) is 6.12. The summed E-state index contributed by atoms with van der Waals surface area (Å²) in [7, 11) is 0. The van der Waals surface area contributed by atoms with Crippen molar-refractivity contribution < 1.29 is 0 Å². The molecule has 0 saturated carbocycles. The highest BCUT2D eigenvalue weighted by Gasteiger charge is 2.16. The third-order valence-electron chi connectivity index (χ3n) is 4.30. The summed E-state index contributed by atoms with van der Waals surface area (Å²) in [5.41, 5.74) is 1.73. The van der Waals surface area contributed by atoms with E-state index >= 15 is 0 Å². The highest BCUT2D eigenvalue weighted by molar-refractivity contribution is 7.98. The van der Waals surface area contributed by atoms with E-state index in [4.69, 9.17) is 23.2 Å². The van der Waals surface area contributed by atoms with E-state index in [1.54, 1.807) is 10.6 Å². The Balaban J connectivity index is 1.83. The molecule has 4 rings (SSSR count). The molecule has 0 unspecified atom stereocenters. The minimum Gasteiger partial charge on any atom is -0.276 e. The summed E-state index contributed by atoms with van der Waals surface area (Å²) in [6.45, 7) is 2.63. The molecule has 5 nitrogen and oxygen atoms in total. The van der Waals surface area contributed by atoms with Crippen LogP contribution in [0.1, 0.15) is 18.9 Å². The van der Waals surface area contributed by atoms with Gasteiger partial charge in [-0.1, -0.05) is 60.1 Å². The van der Waals surface area contributed by atoms with Crippen molar-refractivity contribution in [2.45, 2.75) is 30.8 Å². The third-order valence-corrected chi connectivity index (χ3v) is 5.86. The number of thioether (sulfide) groups is 1. The van der Waals surface area contributed by atoms with Crippen LogP contribution >= 0.6 is 35.0 Å². The van der Waals surface area contributed by atoms with E-state index in [-0.39, 0.29) is 5.56 Å². The highest BCUT2D eigenvalue weighted by atomic mass is 35.5. The molecule has 2 aromatic heterocycles. The number of aromatic nitrogens is 4. The Kier molecular flexibility index (Phi) is 5.12. The number of hydrogen-bond acceptors (Lipinski definition) is 4. The van der Waals surface area contributed by atoms with E-state index in [1.165, 1.54) is 11.8 Å². The Morgan fingerprint density at radius 1 is 1.11 bits per heavy atom. The fraction of sp³-hybridized carbons (Fsp3) is 0.211. The quantitative estimate of drug-likeness (QED) is 0.425. The fourth-order valence-corrected chi connectivity index (χ4v) is 4.53. The SMILES string of the molecule is CCCn1c(=O)c2ccccc2n2c(SCc3ccc(Cl)cc3Cl)nnc12. The molecule has 4 aromatic rings. The summed E-state index contributed by atoms with van der Waals surface area (Å²) in [5.74, 6) is 1.18.